The quantitative estimate of drug-likeness (QED) is 0.649. The predicted molar refractivity (Wildman–Crippen MR) is 48.9 cm³/mol. The molecule has 1 saturated heterocycles. The molecule has 2 unspecified atom stereocenters. The molecule has 4 nitrogen and oxygen atoms in total. The van der Waals surface area contributed by atoms with Crippen molar-refractivity contribution in [2.24, 2.45) is 5.73 Å². The van der Waals surface area contributed by atoms with Gasteiger partial charge in [-0.25, -0.2) is 0 Å². The van der Waals surface area contributed by atoms with Gasteiger partial charge in [-0.15, -0.1) is 0 Å². The first-order valence-corrected chi connectivity index (χ1v) is 4.34. The minimum atomic E-state index is -0.0756. The lowest BCUT2D eigenvalue weighted by atomic mass is 10.0. The summed E-state index contributed by atoms with van der Waals surface area (Å²) in [6, 6.07) is 1.92. The number of aromatic nitrogens is 1. The van der Waals surface area contributed by atoms with E-state index in [9.17, 15) is 4.79 Å². The summed E-state index contributed by atoms with van der Waals surface area (Å²) in [5, 5.41) is 0. The van der Waals surface area contributed by atoms with Crippen LogP contribution in [0.1, 0.15) is 18.0 Å². The summed E-state index contributed by atoms with van der Waals surface area (Å²) in [5.41, 5.74) is 6.96. The lowest BCUT2D eigenvalue weighted by molar-refractivity contribution is -0.127. The number of hydrogen-bond acceptors (Lipinski definition) is 2. The second kappa shape index (κ2) is 2.88. The Morgan fingerprint density at radius 3 is 2.92 bits per heavy atom. The van der Waals surface area contributed by atoms with Crippen LogP contribution < -0.4 is 5.73 Å². The molecule has 2 rings (SSSR count). The number of nitrogens with zero attached hydrogens (tertiary/aromatic N) is 1. The van der Waals surface area contributed by atoms with Crippen molar-refractivity contribution >= 4 is 5.91 Å². The zero-order valence-electron chi connectivity index (χ0n) is 7.53. The molecule has 2 heterocycles. The number of rotatable bonds is 1. The van der Waals surface area contributed by atoms with Gasteiger partial charge in [-0.2, -0.15) is 0 Å². The average molecular weight is 179 g/mol. The Balaban J connectivity index is 2.29. The van der Waals surface area contributed by atoms with Gasteiger partial charge in [0.2, 0.25) is 5.91 Å². The van der Waals surface area contributed by atoms with E-state index in [2.05, 4.69) is 4.98 Å². The van der Waals surface area contributed by atoms with E-state index in [0.717, 1.165) is 5.56 Å². The number of H-pyrrole nitrogens is 1. The molecule has 2 atom stereocenters. The molecule has 1 aromatic heterocycles. The number of hydrogen-bond donors (Lipinski definition) is 2. The summed E-state index contributed by atoms with van der Waals surface area (Å²) in [5.74, 6) is 0.124. The summed E-state index contributed by atoms with van der Waals surface area (Å²) in [6.45, 7) is 0. The first-order chi connectivity index (χ1) is 6.20. The molecular formula is C9H13N3O. The fourth-order valence-corrected chi connectivity index (χ4v) is 1.89. The van der Waals surface area contributed by atoms with Gasteiger partial charge in [-0.1, -0.05) is 0 Å². The molecule has 0 spiro atoms. The lowest BCUT2D eigenvalue weighted by Crippen LogP contribution is -2.29. The van der Waals surface area contributed by atoms with E-state index in [-0.39, 0.29) is 18.0 Å². The molecule has 1 fully saturated rings. The maximum Gasteiger partial charge on any atom is 0.224 e. The fraction of sp³-hybridized carbons (Fsp3) is 0.444. The van der Waals surface area contributed by atoms with E-state index in [0.29, 0.717) is 6.42 Å². The smallest absolute Gasteiger partial charge is 0.224 e. The number of nitrogens with one attached hydrogen (secondary N) is 1. The third-order valence-electron chi connectivity index (χ3n) is 2.59. The molecule has 1 aliphatic heterocycles. The molecule has 0 bridgehead atoms. The minimum Gasteiger partial charge on any atom is -0.367 e. The second-order valence-electron chi connectivity index (χ2n) is 3.46. The number of aromatic amines is 1. The summed E-state index contributed by atoms with van der Waals surface area (Å²) >= 11 is 0. The molecule has 0 saturated carbocycles. The van der Waals surface area contributed by atoms with Gasteiger partial charge in [0.1, 0.15) is 0 Å². The first kappa shape index (κ1) is 8.31. The molecule has 0 aliphatic carbocycles. The summed E-state index contributed by atoms with van der Waals surface area (Å²) in [4.78, 5) is 16.0. The average Bonchev–Trinajstić information content (AvgIpc) is 2.63. The highest BCUT2D eigenvalue weighted by atomic mass is 16.2. The molecule has 3 N–H and O–H groups in total. The van der Waals surface area contributed by atoms with Gasteiger partial charge < -0.3 is 15.6 Å². The van der Waals surface area contributed by atoms with Crippen molar-refractivity contribution in [3.63, 3.8) is 0 Å². The first-order valence-electron chi connectivity index (χ1n) is 4.34. The van der Waals surface area contributed by atoms with E-state index in [1.807, 2.05) is 18.5 Å². The van der Waals surface area contributed by atoms with Crippen molar-refractivity contribution in [1.82, 2.24) is 9.88 Å². The number of nitrogens with two attached hydrogens (primary N) is 1. The number of carbonyl (C=O) groups excluding carboxylic acids is 1. The molecule has 1 aromatic rings. The van der Waals surface area contributed by atoms with Crippen LogP contribution in [0.2, 0.25) is 0 Å². The van der Waals surface area contributed by atoms with Gasteiger partial charge in [0, 0.05) is 31.9 Å². The van der Waals surface area contributed by atoms with Crippen molar-refractivity contribution in [1.29, 1.82) is 0 Å². The summed E-state index contributed by atoms with van der Waals surface area (Å²) in [7, 11) is 1.80. The maximum atomic E-state index is 11.3. The van der Waals surface area contributed by atoms with Gasteiger partial charge in [0.15, 0.2) is 0 Å². The van der Waals surface area contributed by atoms with Crippen molar-refractivity contribution in [3.8, 4) is 0 Å². The largest absolute Gasteiger partial charge is 0.367 e. The van der Waals surface area contributed by atoms with Crippen LogP contribution in [-0.4, -0.2) is 28.9 Å². The van der Waals surface area contributed by atoms with Gasteiger partial charge in [0.05, 0.1) is 6.04 Å². The highest BCUT2D eigenvalue weighted by molar-refractivity contribution is 5.80. The van der Waals surface area contributed by atoms with Gasteiger partial charge in [-0.3, -0.25) is 4.79 Å². The lowest BCUT2D eigenvalue weighted by Gasteiger charge is -2.21. The maximum absolute atomic E-state index is 11.3. The second-order valence-corrected chi connectivity index (χ2v) is 3.46. The summed E-state index contributed by atoms with van der Waals surface area (Å²) < 4.78 is 0. The molecule has 1 amide bonds. The third kappa shape index (κ3) is 1.23. The van der Waals surface area contributed by atoms with Crippen LogP contribution in [-0.2, 0) is 4.79 Å². The molecule has 70 valence electrons. The Morgan fingerprint density at radius 1 is 1.69 bits per heavy atom. The van der Waals surface area contributed by atoms with Crippen molar-refractivity contribution in [2.75, 3.05) is 7.05 Å². The van der Waals surface area contributed by atoms with Crippen LogP contribution >= 0.6 is 0 Å². The van der Waals surface area contributed by atoms with E-state index < -0.39 is 0 Å². The van der Waals surface area contributed by atoms with Crippen LogP contribution in [0.4, 0.5) is 0 Å². The molecule has 13 heavy (non-hydrogen) atoms. The Morgan fingerprint density at radius 2 is 2.46 bits per heavy atom. The van der Waals surface area contributed by atoms with E-state index in [1.165, 1.54) is 0 Å². The van der Waals surface area contributed by atoms with Crippen LogP contribution in [0.25, 0.3) is 0 Å². The molecule has 0 radical (unpaired) electrons. The minimum absolute atomic E-state index is 0.0405. The van der Waals surface area contributed by atoms with Gasteiger partial charge in [-0.05, 0) is 11.6 Å². The molecular weight excluding hydrogens is 166 g/mol. The Labute approximate surface area is 76.7 Å². The number of carbonyl (C=O) groups is 1. The number of amides is 1. The van der Waals surface area contributed by atoms with Crippen LogP contribution in [0.3, 0.4) is 0 Å². The molecule has 0 aromatic carbocycles. The monoisotopic (exact) mass is 179 g/mol. The van der Waals surface area contributed by atoms with Crippen LogP contribution in [0, 0.1) is 0 Å². The van der Waals surface area contributed by atoms with Gasteiger partial charge >= 0.3 is 0 Å². The Hall–Kier alpha value is -1.29. The van der Waals surface area contributed by atoms with E-state index in [4.69, 9.17) is 5.73 Å². The van der Waals surface area contributed by atoms with Crippen molar-refractivity contribution < 1.29 is 4.79 Å². The Kier molecular flexibility index (Phi) is 1.84. The van der Waals surface area contributed by atoms with Crippen LogP contribution in [0.15, 0.2) is 18.5 Å². The highest BCUT2D eigenvalue weighted by Crippen LogP contribution is 2.29. The van der Waals surface area contributed by atoms with Crippen molar-refractivity contribution in [3.05, 3.63) is 24.0 Å². The standard InChI is InChI=1S/C9H13N3O/c1-12-8(13)4-7(10)9(12)6-2-3-11-5-6/h2-3,5,7,9,11H,4,10H2,1H3. The highest BCUT2D eigenvalue weighted by Gasteiger charge is 2.36. The number of likely N-dealkylation sites (tertiary alicyclic amines) is 1. The normalized spacial score (nSPS) is 28.5. The van der Waals surface area contributed by atoms with Gasteiger partial charge in [0.25, 0.3) is 0 Å². The summed E-state index contributed by atoms with van der Waals surface area (Å²) in [6.07, 6.45) is 4.19. The zero-order chi connectivity index (χ0) is 9.42. The topological polar surface area (TPSA) is 62.1 Å². The van der Waals surface area contributed by atoms with E-state index in [1.54, 1.807) is 11.9 Å². The third-order valence-corrected chi connectivity index (χ3v) is 2.59. The Bertz CT molecular complexity index is 307. The van der Waals surface area contributed by atoms with E-state index >= 15 is 0 Å². The van der Waals surface area contributed by atoms with Crippen LogP contribution in [0.5, 0.6) is 0 Å². The molecule has 1 aliphatic rings. The SMILES string of the molecule is CN1C(=O)CC(N)C1c1cc[nH]c1. The number of likely N-dealkylation sites (N-methyl/N-ethyl adjacent to an activating group) is 1. The zero-order valence-corrected chi connectivity index (χ0v) is 7.53. The predicted octanol–water partition coefficient (Wildman–Crippen LogP) is 0.245. The van der Waals surface area contributed by atoms with Crippen molar-refractivity contribution in [2.45, 2.75) is 18.5 Å². The molecule has 4 heteroatoms. The fourth-order valence-electron chi connectivity index (χ4n) is 1.89.